The average molecular weight is 279 g/mol. The van der Waals surface area contributed by atoms with E-state index in [4.69, 9.17) is 14.8 Å². The Morgan fingerprint density at radius 2 is 1.81 bits per heavy atom. The Labute approximate surface area is 121 Å². The van der Waals surface area contributed by atoms with Crippen molar-refractivity contribution in [2.24, 2.45) is 0 Å². The third kappa shape index (κ3) is 4.28. The molecule has 16 heavy (non-hydrogen) atoms. The largest absolute Gasteiger partial charge is 1.00 e. The van der Waals surface area contributed by atoms with Crippen LogP contribution in [-0.4, -0.2) is 29.2 Å². The monoisotopic (exact) mass is 278 g/mol. The minimum Gasteiger partial charge on any atom is -1.00 e. The van der Waals surface area contributed by atoms with E-state index in [0.717, 1.165) is 12.1 Å². The summed E-state index contributed by atoms with van der Waals surface area (Å²) >= 11 is 0. The maximum atomic E-state index is 10.6. The molecule has 0 amide bonds. The molecule has 0 bridgehead atoms. The van der Waals surface area contributed by atoms with Gasteiger partial charge in [-0.2, -0.15) is 8.42 Å². The van der Waals surface area contributed by atoms with Crippen molar-refractivity contribution in [2.75, 3.05) is 0 Å². The SMILES string of the molecule is Cl.O=C(O)c1cc(S(=O)(=O)O)ccc1O.[H-].[Na+]. The average Bonchev–Trinajstić information content (AvgIpc) is 2.02. The zero-order valence-electron chi connectivity index (χ0n) is 9.11. The van der Waals surface area contributed by atoms with E-state index in [1.54, 1.807) is 0 Å². The maximum absolute atomic E-state index is 10.6. The number of carboxylic acids is 1. The third-order valence-corrected chi connectivity index (χ3v) is 2.35. The van der Waals surface area contributed by atoms with Crippen LogP contribution in [0.15, 0.2) is 23.1 Å². The Morgan fingerprint density at radius 1 is 1.31 bits per heavy atom. The summed E-state index contributed by atoms with van der Waals surface area (Å²) in [6.07, 6.45) is 0. The summed E-state index contributed by atoms with van der Waals surface area (Å²) in [7, 11) is -4.45. The van der Waals surface area contributed by atoms with Crippen LogP contribution >= 0.6 is 12.4 Å². The van der Waals surface area contributed by atoms with Crippen LogP contribution in [0.25, 0.3) is 0 Å². The molecule has 0 spiro atoms. The minimum absolute atomic E-state index is 0. The quantitative estimate of drug-likeness (QED) is 0.421. The molecular formula is C7H8ClNaO6S. The fourth-order valence-electron chi connectivity index (χ4n) is 0.847. The topological polar surface area (TPSA) is 112 Å². The molecule has 3 N–H and O–H groups in total. The van der Waals surface area contributed by atoms with Crippen molar-refractivity contribution >= 4 is 28.5 Å². The van der Waals surface area contributed by atoms with Crippen molar-refractivity contribution in [1.82, 2.24) is 0 Å². The van der Waals surface area contributed by atoms with Crippen LogP contribution in [0.5, 0.6) is 5.75 Å². The first-order valence-electron chi connectivity index (χ1n) is 3.36. The second-order valence-electron chi connectivity index (χ2n) is 2.46. The standard InChI is InChI=1S/C7H6O6S.ClH.Na.H/c8-6-2-1-4(14(11,12)13)3-5(6)7(9)10;;;/h1-3,8H,(H,9,10)(H,11,12,13);1H;;/q;;+1;-1. The molecule has 86 valence electrons. The first-order valence-corrected chi connectivity index (χ1v) is 4.80. The molecule has 9 heteroatoms. The molecule has 6 nitrogen and oxygen atoms in total. The minimum atomic E-state index is -4.45. The van der Waals surface area contributed by atoms with E-state index in [1.165, 1.54) is 0 Å². The summed E-state index contributed by atoms with van der Waals surface area (Å²) in [5, 5.41) is 17.5. The molecule has 0 aromatic heterocycles. The van der Waals surface area contributed by atoms with Gasteiger partial charge in [0, 0.05) is 0 Å². The number of hydrogen-bond donors (Lipinski definition) is 3. The van der Waals surface area contributed by atoms with Gasteiger partial charge in [-0.1, -0.05) is 0 Å². The van der Waals surface area contributed by atoms with E-state index in [2.05, 4.69) is 0 Å². The molecule has 0 aliphatic carbocycles. The van der Waals surface area contributed by atoms with Crippen molar-refractivity contribution in [3.8, 4) is 5.75 Å². The van der Waals surface area contributed by atoms with Gasteiger partial charge in [0.1, 0.15) is 11.3 Å². The number of rotatable bonds is 2. The van der Waals surface area contributed by atoms with Gasteiger partial charge in [0.2, 0.25) is 0 Å². The van der Waals surface area contributed by atoms with Gasteiger partial charge in [0.15, 0.2) is 0 Å². The second kappa shape index (κ2) is 6.43. The van der Waals surface area contributed by atoms with Crippen LogP contribution < -0.4 is 29.6 Å². The molecule has 0 aliphatic rings. The van der Waals surface area contributed by atoms with Gasteiger partial charge in [-0.3, -0.25) is 4.55 Å². The van der Waals surface area contributed by atoms with Crippen molar-refractivity contribution in [3.05, 3.63) is 23.8 Å². The van der Waals surface area contributed by atoms with Gasteiger partial charge in [-0.15, -0.1) is 12.4 Å². The second-order valence-corrected chi connectivity index (χ2v) is 3.88. The first-order chi connectivity index (χ1) is 6.32. The Hall–Kier alpha value is -0.310. The van der Waals surface area contributed by atoms with Crippen LogP contribution in [-0.2, 0) is 10.1 Å². The Kier molecular flexibility index (Phi) is 7.26. The third-order valence-electron chi connectivity index (χ3n) is 1.50. The number of hydrogen-bond acceptors (Lipinski definition) is 4. The molecule has 0 unspecified atom stereocenters. The number of aromatic carboxylic acids is 1. The zero-order valence-corrected chi connectivity index (χ0v) is 11.7. The Morgan fingerprint density at radius 3 is 2.19 bits per heavy atom. The maximum Gasteiger partial charge on any atom is 1.00 e. The van der Waals surface area contributed by atoms with Crippen molar-refractivity contribution in [3.63, 3.8) is 0 Å². The molecule has 0 aliphatic heterocycles. The zero-order chi connectivity index (χ0) is 10.9. The van der Waals surface area contributed by atoms with Crippen LogP contribution in [0.4, 0.5) is 0 Å². The van der Waals surface area contributed by atoms with Crippen molar-refractivity contribution in [1.29, 1.82) is 0 Å². The summed E-state index contributed by atoms with van der Waals surface area (Å²) in [6.45, 7) is 0. The number of carbonyl (C=O) groups is 1. The van der Waals surface area contributed by atoms with Gasteiger partial charge >= 0.3 is 35.5 Å². The fraction of sp³-hybridized carbons (Fsp3) is 0. The smallest absolute Gasteiger partial charge is 1.00 e. The summed E-state index contributed by atoms with van der Waals surface area (Å²) in [5.41, 5.74) is -0.583. The number of aromatic hydroxyl groups is 1. The molecule has 0 heterocycles. The predicted octanol–water partition coefficient (Wildman–Crippen LogP) is -2.12. The number of benzene rings is 1. The van der Waals surface area contributed by atoms with Crippen LogP contribution in [0, 0.1) is 0 Å². The van der Waals surface area contributed by atoms with Gasteiger partial charge < -0.3 is 11.6 Å². The van der Waals surface area contributed by atoms with E-state index in [0.29, 0.717) is 6.07 Å². The van der Waals surface area contributed by atoms with E-state index >= 15 is 0 Å². The Balaban J connectivity index is -0.000000653. The van der Waals surface area contributed by atoms with E-state index in [1.807, 2.05) is 0 Å². The molecule has 0 saturated carbocycles. The molecule has 1 aromatic carbocycles. The normalized spacial score (nSPS) is 9.81. The molecule has 0 atom stereocenters. The van der Waals surface area contributed by atoms with Crippen molar-refractivity contribution in [2.45, 2.75) is 4.90 Å². The summed E-state index contributed by atoms with van der Waals surface area (Å²) in [5.74, 6) is -2.04. The summed E-state index contributed by atoms with van der Waals surface area (Å²) in [4.78, 5) is 9.89. The van der Waals surface area contributed by atoms with E-state index in [-0.39, 0.29) is 43.4 Å². The van der Waals surface area contributed by atoms with Gasteiger partial charge in [0.25, 0.3) is 10.1 Å². The first kappa shape index (κ1) is 18.1. The summed E-state index contributed by atoms with van der Waals surface area (Å²) in [6, 6.07) is 2.46. The molecular weight excluding hydrogens is 271 g/mol. The van der Waals surface area contributed by atoms with Gasteiger partial charge in [-0.25, -0.2) is 4.79 Å². The molecule has 1 aromatic rings. The number of phenols is 1. The van der Waals surface area contributed by atoms with Crippen LogP contribution in [0.1, 0.15) is 11.8 Å². The van der Waals surface area contributed by atoms with Crippen molar-refractivity contribution < 1.29 is 59.0 Å². The van der Waals surface area contributed by atoms with E-state index < -0.39 is 32.3 Å². The molecule has 1 rings (SSSR count). The van der Waals surface area contributed by atoms with Gasteiger partial charge in [-0.05, 0) is 18.2 Å². The number of carboxylic acid groups (broad SMARTS) is 1. The van der Waals surface area contributed by atoms with Crippen LogP contribution in [0.3, 0.4) is 0 Å². The van der Waals surface area contributed by atoms with E-state index in [9.17, 15) is 13.2 Å². The number of halogens is 1. The fourth-order valence-corrected chi connectivity index (χ4v) is 1.35. The molecule has 0 saturated heterocycles. The predicted molar refractivity (Wildman–Crippen MR) is 53.2 cm³/mol. The van der Waals surface area contributed by atoms with Crippen LogP contribution in [0.2, 0.25) is 0 Å². The molecule has 0 radical (unpaired) electrons. The van der Waals surface area contributed by atoms with Gasteiger partial charge in [0.05, 0.1) is 4.90 Å². The Bertz CT molecular complexity index is 491. The summed E-state index contributed by atoms with van der Waals surface area (Å²) < 4.78 is 29.8. The molecule has 0 fully saturated rings.